The molecule has 1 fully saturated rings. The summed E-state index contributed by atoms with van der Waals surface area (Å²) in [4.78, 5) is 6.46. The Morgan fingerprint density at radius 3 is 2.84 bits per heavy atom. The minimum absolute atomic E-state index is 0.157. The third-order valence-electron chi connectivity index (χ3n) is 3.80. The SMILES string of the molecule is NC1=NCC(c2ccc(O)cc2)N1CC1CCCO1. The van der Waals surface area contributed by atoms with Crippen LogP contribution >= 0.6 is 0 Å². The average Bonchev–Trinajstić information content (AvgIpc) is 3.03. The van der Waals surface area contributed by atoms with Gasteiger partial charge in [-0.15, -0.1) is 0 Å². The summed E-state index contributed by atoms with van der Waals surface area (Å²) < 4.78 is 5.67. The van der Waals surface area contributed by atoms with Crippen LogP contribution < -0.4 is 5.73 Å². The van der Waals surface area contributed by atoms with Crippen LogP contribution in [0.1, 0.15) is 24.4 Å². The standard InChI is InChI=1S/C14H19N3O2/c15-14-16-8-13(10-3-5-11(18)6-4-10)17(14)9-12-2-1-7-19-12/h3-6,12-13,18H,1-2,7-9H2,(H2,15,16). The number of rotatable bonds is 3. The third-order valence-corrected chi connectivity index (χ3v) is 3.80. The lowest BCUT2D eigenvalue weighted by Crippen LogP contribution is -2.41. The van der Waals surface area contributed by atoms with Gasteiger partial charge in [0.2, 0.25) is 0 Å². The maximum atomic E-state index is 9.36. The number of ether oxygens (including phenoxy) is 1. The van der Waals surface area contributed by atoms with Gasteiger partial charge in [0.05, 0.1) is 18.7 Å². The first-order valence-electron chi connectivity index (χ1n) is 6.71. The molecule has 2 heterocycles. The molecule has 0 saturated carbocycles. The van der Waals surface area contributed by atoms with Crippen LogP contribution in [0.4, 0.5) is 0 Å². The smallest absolute Gasteiger partial charge is 0.192 e. The van der Waals surface area contributed by atoms with Crippen molar-refractivity contribution in [3.05, 3.63) is 29.8 Å². The quantitative estimate of drug-likeness (QED) is 0.859. The maximum Gasteiger partial charge on any atom is 0.192 e. The summed E-state index contributed by atoms with van der Waals surface area (Å²) in [5, 5.41) is 9.36. The number of aliphatic imine (C=N–C) groups is 1. The fourth-order valence-corrected chi connectivity index (χ4v) is 2.74. The van der Waals surface area contributed by atoms with E-state index in [1.807, 2.05) is 12.1 Å². The van der Waals surface area contributed by atoms with Crippen molar-refractivity contribution < 1.29 is 9.84 Å². The van der Waals surface area contributed by atoms with Crippen molar-refractivity contribution in [1.29, 1.82) is 0 Å². The van der Waals surface area contributed by atoms with E-state index in [0.717, 1.165) is 31.6 Å². The van der Waals surface area contributed by atoms with E-state index >= 15 is 0 Å². The highest BCUT2D eigenvalue weighted by Crippen LogP contribution is 2.28. The van der Waals surface area contributed by atoms with Gasteiger partial charge in [0.15, 0.2) is 5.96 Å². The highest BCUT2D eigenvalue weighted by molar-refractivity contribution is 5.80. The Labute approximate surface area is 112 Å². The number of benzene rings is 1. The van der Waals surface area contributed by atoms with Gasteiger partial charge in [0, 0.05) is 13.2 Å². The predicted octanol–water partition coefficient (Wildman–Crippen LogP) is 1.24. The third kappa shape index (κ3) is 2.51. The van der Waals surface area contributed by atoms with E-state index in [9.17, 15) is 5.11 Å². The second-order valence-electron chi connectivity index (χ2n) is 5.09. The van der Waals surface area contributed by atoms with Crippen molar-refractivity contribution in [2.45, 2.75) is 25.0 Å². The molecule has 0 radical (unpaired) electrons. The van der Waals surface area contributed by atoms with E-state index in [4.69, 9.17) is 10.5 Å². The fraction of sp³-hybridized carbons (Fsp3) is 0.500. The monoisotopic (exact) mass is 261 g/mol. The Morgan fingerprint density at radius 1 is 1.37 bits per heavy atom. The van der Waals surface area contributed by atoms with Crippen LogP contribution in [0.25, 0.3) is 0 Å². The topological polar surface area (TPSA) is 71.1 Å². The zero-order valence-electron chi connectivity index (χ0n) is 10.8. The van der Waals surface area contributed by atoms with Crippen LogP contribution in [0, 0.1) is 0 Å². The molecule has 2 aliphatic heterocycles. The van der Waals surface area contributed by atoms with Gasteiger partial charge in [-0.2, -0.15) is 0 Å². The lowest BCUT2D eigenvalue weighted by molar-refractivity contribution is 0.0853. The summed E-state index contributed by atoms with van der Waals surface area (Å²) in [6.07, 6.45) is 2.47. The molecule has 0 aromatic heterocycles. The van der Waals surface area contributed by atoms with Gasteiger partial charge < -0.3 is 20.5 Å². The van der Waals surface area contributed by atoms with Gasteiger partial charge in [-0.1, -0.05) is 12.1 Å². The molecule has 3 rings (SSSR count). The average molecular weight is 261 g/mol. The Bertz CT molecular complexity index is 466. The Balaban J connectivity index is 1.75. The molecular weight excluding hydrogens is 242 g/mol. The molecule has 5 heteroatoms. The predicted molar refractivity (Wildman–Crippen MR) is 73.0 cm³/mol. The number of hydrogen-bond donors (Lipinski definition) is 2. The van der Waals surface area contributed by atoms with E-state index in [2.05, 4.69) is 9.89 Å². The van der Waals surface area contributed by atoms with Gasteiger partial charge in [0.25, 0.3) is 0 Å². The van der Waals surface area contributed by atoms with Gasteiger partial charge in [0.1, 0.15) is 5.75 Å². The molecular formula is C14H19N3O2. The molecule has 19 heavy (non-hydrogen) atoms. The van der Waals surface area contributed by atoms with E-state index in [1.165, 1.54) is 0 Å². The van der Waals surface area contributed by atoms with Gasteiger partial charge in [-0.25, -0.2) is 0 Å². The first kappa shape index (κ1) is 12.3. The van der Waals surface area contributed by atoms with Crippen LogP contribution in [0.2, 0.25) is 0 Å². The fourth-order valence-electron chi connectivity index (χ4n) is 2.74. The zero-order valence-corrected chi connectivity index (χ0v) is 10.8. The number of phenols is 1. The number of nitrogens with two attached hydrogens (primary N) is 1. The first-order valence-corrected chi connectivity index (χ1v) is 6.71. The number of aromatic hydroxyl groups is 1. The zero-order chi connectivity index (χ0) is 13.2. The minimum atomic E-state index is 0.157. The van der Waals surface area contributed by atoms with E-state index < -0.39 is 0 Å². The number of guanidine groups is 1. The molecule has 1 saturated heterocycles. The Hall–Kier alpha value is -1.75. The molecule has 2 atom stereocenters. The lowest BCUT2D eigenvalue weighted by atomic mass is 10.1. The van der Waals surface area contributed by atoms with Crippen molar-refractivity contribution in [3.8, 4) is 5.75 Å². The van der Waals surface area contributed by atoms with Crippen molar-refractivity contribution in [3.63, 3.8) is 0 Å². The van der Waals surface area contributed by atoms with Crippen molar-refractivity contribution in [1.82, 2.24) is 4.90 Å². The molecule has 0 bridgehead atoms. The summed E-state index contributed by atoms with van der Waals surface area (Å²) in [7, 11) is 0. The van der Waals surface area contributed by atoms with Crippen molar-refractivity contribution in [2.75, 3.05) is 19.7 Å². The van der Waals surface area contributed by atoms with Crippen LogP contribution in [-0.2, 0) is 4.74 Å². The molecule has 1 aromatic rings. The normalized spacial score (nSPS) is 26.7. The molecule has 2 unspecified atom stereocenters. The minimum Gasteiger partial charge on any atom is -0.508 e. The number of nitrogens with zero attached hydrogens (tertiary/aromatic N) is 2. The summed E-state index contributed by atoms with van der Waals surface area (Å²) in [5.41, 5.74) is 7.11. The second kappa shape index (κ2) is 5.09. The molecule has 3 N–H and O–H groups in total. The highest BCUT2D eigenvalue weighted by Gasteiger charge is 2.30. The van der Waals surface area contributed by atoms with Crippen LogP contribution in [-0.4, -0.2) is 41.8 Å². The number of hydrogen-bond acceptors (Lipinski definition) is 5. The van der Waals surface area contributed by atoms with Crippen LogP contribution in [0.3, 0.4) is 0 Å². The molecule has 0 aliphatic carbocycles. The molecule has 2 aliphatic rings. The largest absolute Gasteiger partial charge is 0.508 e. The van der Waals surface area contributed by atoms with E-state index in [1.54, 1.807) is 12.1 Å². The van der Waals surface area contributed by atoms with E-state index in [0.29, 0.717) is 12.5 Å². The van der Waals surface area contributed by atoms with Crippen molar-refractivity contribution >= 4 is 5.96 Å². The first-order chi connectivity index (χ1) is 9.24. The van der Waals surface area contributed by atoms with Gasteiger partial charge >= 0.3 is 0 Å². The summed E-state index contributed by atoms with van der Waals surface area (Å²) in [6.45, 7) is 2.31. The Kier molecular flexibility index (Phi) is 3.29. The molecule has 102 valence electrons. The van der Waals surface area contributed by atoms with Gasteiger partial charge in [-0.3, -0.25) is 4.99 Å². The summed E-state index contributed by atoms with van der Waals surface area (Å²) >= 11 is 0. The molecule has 0 spiro atoms. The van der Waals surface area contributed by atoms with Crippen LogP contribution in [0.5, 0.6) is 5.75 Å². The molecule has 0 amide bonds. The Morgan fingerprint density at radius 2 is 2.16 bits per heavy atom. The van der Waals surface area contributed by atoms with Crippen LogP contribution in [0.15, 0.2) is 29.3 Å². The van der Waals surface area contributed by atoms with Gasteiger partial charge in [-0.05, 0) is 30.5 Å². The summed E-state index contributed by atoms with van der Waals surface area (Å²) in [6, 6.07) is 7.42. The highest BCUT2D eigenvalue weighted by atomic mass is 16.5. The maximum absolute atomic E-state index is 9.36. The summed E-state index contributed by atoms with van der Waals surface area (Å²) in [5.74, 6) is 0.870. The number of phenolic OH excluding ortho intramolecular Hbond substituents is 1. The van der Waals surface area contributed by atoms with E-state index in [-0.39, 0.29) is 17.9 Å². The molecule has 5 nitrogen and oxygen atoms in total. The molecule has 1 aromatic carbocycles. The van der Waals surface area contributed by atoms with Crippen molar-refractivity contribution in [2.24, 2.45) is 10.7 Å². The lowest BCUT2D eigenvalue weighted by Gasteiger charge is -2.28. The second-order valence-corrected chi connectivity index (χ2v) is 5.09.